The van der Waals surface area contributed by atoms with E-state index in [1.165, 1.54) is 6.42 Å². The van der Waals surface area contributed by atoms with Gasteiger partial charge in [-0.25, -0.2) is 0 Å². The molecule has 1 N–H and O–H groups in total. The molecule has 2 heterocycles. The number of nitrogens with zero attached hydrogens (tertiary/aromatic N) is 4. The number of hydrogen-bond donors (Lipinski definition) is 1. The van der Waals surface area contributed by atoms with Crippen molar-refractivity contribution in [1.29, 1.82) is 0 Å². The van der Waals surface area contributed by atoms with Gasteiger partial charge >= 0.3 is 0 Å². The normalized spacial score (nSPS) is 19.0. The van der Waals surface area contributed by atoms with Gasteiger partial charge in [0.15, 0.2) is 5.82 Å². The molecule has 5 nitrogen and oxygen atoms in total. The zero-order valence-corrected chi connectivity index (χ0v) is 13.0. The second kappa shape index (κ2) is 7.55. The van der Waals surface area contributed by atoms with Crippen molar-refractivity contribution in [2.45, 2.75) is 39.8 Å². The molecule has 0 spiro atoms. The molecule has 1 aromatic heterocycles. The molecule has 2 rings (SSSR count). The summed E-state index contributed by atoms with van der Waals surface area (Å²) in [6, 6.07) is 4.84. The first-order valence-corrected chi connectivity index (χ1v) is 7.80. The molecule has 1 aliphatic heterocycles. The van der Waals surface area contributed by atoms with Crippen LogP contribution in [0, 0.1) is 0 Å². The highest BCUT2D eigenvalue weighted by Gasteiger charge is 2.26. The van der Waals surface area contributed by atoms with Gasteiger partial charge in [-0.15, -0.1) is 5.10 Å². The highest BCUT2D eigenvalue weighted by atomic mass is 15.3. The van der Waals surface area contributed by atoms with E-state index in [1.807, 2.05) is 0 Å². The van der Waals surface area contributed by atoms with Crippen LogP contribution in [0.4, 0.5) is 5.82 Å². The maximum absolute atomic E-state index is 4.38. The Morgan fingerprint density at radius 3 is 2.65 bits per heavy atom. The summed E-state index contributed by atoms with van der Waals surface area (Å²) in [5, 5.41) is 11.9. The van der Waals surface area contributed by atoms with Crippen LogP contribution in [0.25, 0.3) is 0 Å². The summed E-state index contributed by atoms with van der Waals surface area (Å²) in [6.45, 7) is 12.7. The molecular formula is C15H27N5. The molecule has 1 fully saturated rings. The van der Waals surface area contributed by atoms with Crippen LogP contribution in [-0.2, 0) is 6.54 Å². The molecule has 1 aromatic rings. The monoisotopic (exact) mass is 277 g/mol. The molecule has 0 bridgehead atoms. The summed E-state index contributed by atoms with van der Waals surface area (Å²) in [5.74, 6) is 1.01. The Hall–Kier alpha value is -1.20. The Morgan fingerprint density at radius 2 is 2.05 bits per heavy atom. The molecule has 0 amide bonds. The van der Waals surface area contributed by atoms with Crippen molar-refractivity contribution in [3.8, 4) is 0 Å². The van der Waals surface area contributed by atoms with E-state index < -0.39 is 0 Å². The van der Waals surface area contributed by atoms with E-state index in [1.54, 1.807) is 0 Å². The lowest BCUT2D eigenvalue weighted by Crippen LogP contribution is -2.37. The van der Waals surface area contributed by atoms with Crippen LogP contribution in [0.15, 0.2) is 12.1 Å². The number of likely N-dealkylation sites (N-methyl/N-ethyl adjacent to an activating group) is 1. The smallest absolute Gasteiger partial charge is 0.151 e. The molecule has 0 saturated carbocycles. The zero-order chi connectivity index (χ0) is 14.4. The van der Waals surface area contributed by atoms with E-state index >= 15 is 0 Å². The lowest BCUT2D eigenvalue weighted by molar-refractivity contribution is 0.232. The Morgan fingerprint density at radius 1 is 1.25 bits per heavy atom. The van der Waals surface area contributed by atoms with Gasteiger partial charge in [0.05, 0.1) is 5.69 Å². The maximum atomic E-state index is 4.38. The first kappa shape index (κ1) is 15.2. The molecule has 1 unspecified atom stereocenters. The number of hydrogen-bond acceptors (Lipinski definition) is 5. The van der Waals surface area contributed by atoms with E-state index in [0.29, 0.717) is 6.04 Å². The van der Waals surface area contributed by atoms with Crippen LogP contribution in [0.5, 0.6) is 0 Å². The predicted molar refractivity (Wildman–Crippen MR) is 83.0 cm³/mol. The van der Waals surface area contributed by atoms with Gasteiger partial charge in [0.2, 0.25) is 0 Å². The van der Waals surface area contributed by atoms with Gasteiger partial charge in [0, 0.05) is 25.7 Å². The third kappa shape index (κ3) is 3.67. The number of aromatic nitrogens is 2. The predicted octanol–water partition coefficient (Wildman–Crippen LogP) is 1.51. The second-order valence-electron chi connectivity index (χ2n) is 5.27. The van der Waals surface area contributed by atoms with Crippen molar-refractivity contribution in [1.82, 2.24) is 20.4 Å². The SMILES string of the molecule is CCNCc1ccc(N2CCC(N(CC)CC)C2)nn1. The second-order valence-corrected chi connectivity index (χ2v) is 5.27. The first-order chi connectivity index (χ1) is 9.78. The van der Waals surface area contributed by atoms with E-state index in [-0.39, 0.29) is 0 Å². The van der Waals surface area contributed by atoms with Crippen LogP contribution in [0.1, 0.15) is 32.9 Å². The van der Waals surface area contributed by atoms with Crippen molar-refractivity contribution in [3.63, 3.8) is 0 Å². The van der Waals surface area contributed by atoms with Gasteiger partial charge in [0.1, 0.15) is 0 Å². The van der Waals surface area contributed by atoms with Crippen LogP contribution >= 0.6 is 0 Å². The average Bonchev–Trinajstić information content (AvgIpc) is 2.97. The molecule has 1 atom stereocenters. The molecule has 1 aliphatic rings. The van der Waals surface area contributed by atoms with Gasteiger partial charge in [0.25, 0.3) is 0 Å². The van der Waals surface area contributed by atoms with E-state index in [2.05, 4.69) is 58.2 Å². The maximum Gasteiger partial charge on any atom is 0.151 e. The summed E-state index contributed by atoms with van der Waals surface area (Å²) in [6.07, 6.45) is 1.22. The standard InChI is InChI=1S/C15H27N5/c1-4-16-11-13-7-8-15(18-17-13)20-10-9-14(12-20)19(5-2)6-3/h7-8,14,16H,4-6,9-12H2,1-3H3. The van der Waals surface area contributed by atoms with Crippen molar-refractivity contribution in [3.05, 3.63) is 17.8 Å². The Labute approximate surface area is 122 Å². The Balaban J connectivity index is 1.92. The van der Waals surface area contributed by atoms with Gasteiger partial charge in [-0.2, -0.15) is 5.10 Å². The molecule has 0 radical (unpaired) electrons. The summed E-state index contributed by atoms with van der Waals surface area (Å²) >= 11 is 0. The fourth-order valence-corrected chi connectivity index (χ4v) is 2.86. The minimum Gasteiger partial charge on any atom is -0.354 e. The fourth-order valence-electron chi connectivity index (χ4n) is 2.86. The van der Waals surface area contributed by atoms with Crippen LogP contribution < -0.4 is 10.2 Å². The van der Waals surface area contributed by atoms with E-state index in [0.717, 1.165) is 50.8 Å². The summed E-state index contributed by atoms with van der Waals surface area (Å²) in [4.78, 5) is 4.89. The molecule has 0 aliphatic carbocycles. The molecule has 20 heavy (non-hydrogen) atoms. The van der Waals surface area contributed by atoms with Gasteiger partial charge in [-0.3, -0.25) is 4.90 Å². The minimum absolute atomic E-state index is 0.660. The van der Waals surface area contributed by atoms with Crippen molar-refractivity contribution in [2.24, 2.45) is 0 Å². The lowest BCUT2D eigenvalue weighted by Gasteiger charge is -2.26. The van der Waals surface area contributed by atoms with Crippen LogP contribution in [-0.4, -0.2) is 53.9 Å². The average molecular weight is 277 g/mol. The van der Waals surface area contributed by atoms with Crippen molar-refractivity contribution >= 4 is 5.82 Å². The molecule has 5 heteroatoms. The van der Waals surface area contributed by atoms with Crippen LogP contribution in [0.3, 0.4) is 0 Å². The van der Waals surface area contributed by atoms with Gasteiger partial charge in [-0.05, 0) is 38.2 Å². The minimum atomic E-state index is 0.660. The van der Waals surface area contributed by atoms with Gasteiger partial charge in [-0.1, -0.05) is 20.8 Å². The zero-order valence-electron chi connectivity index (χ0n) is 13.0. The summed E-state index contributed by atoms with van der Waals surface area (Å²) < 4.78 is 0. The molecule has 112 valence electrons. The summed E-state index contributed by atoms with van der Waals surface area (Å²) in [5.41, 5.74) is 1.01. The number of nitrogens with one attached hydrogen (secondary N) is 1. The largest absolute Gasteiger partial charge is 0.354 e. The van der Waals surface area contributed by atoms with E-state index in [9.17, 15) is 0 Å². The molecular weight excluding hydrogens is 250 g/mol. The van der Waals surface area contributed by atoms with Gasteiger partial charge < -0.3 is 10.2 Å². The highest BCUT2D eigenvalue weighted by molar-refractivity contribution is 5.39. The first-order valence-electron chi connectivity index (χ1n) is 7.80. The Bertz CT molecular complexity index is 388. The molecule has 0 aromatic carbocycles. The topological polar surface area (TPSA) is 44.3 Å². The van der Waals surface area contributed by atoms with Crippen molar-refractivity contribution in [2.75, 3.05) is 37.6 Å². The van der Waals surface area contributed by atoms with Crippen LogP contribution in [0.2, 0.25) is 0 Å². The molecule has 1 saturated heterocycles. The summed E-state index contributed by atoms with van der Waals surface area (Å²) in [7, 11) is 0. The van der Waals surface area contributed by atoms with Crippen molar-refractivity contribution < 1.29 is 0 Å². The highest BCUT2D eigenvalue weighted by Crippen LogP contribution is 2.20. The third-order valence-electron chi connectivity index (χ3n) is 4.08. The fraction of sp³-hybridized carbons (Fsp3) is 0.733. The van der Waals surface area contributed by atoms with E-state index in [4.69, 9.17) is 0 Å². The number of rotatable bonds is 7. The lowest BCUT2D eigenvalue weighted by atomic mass is 10.2. The quantitative estimate of drug-likeness (QED) is 0.818. The third-order valence-corrected chi connectivity index (χ3v) is 4.08. The Kier molecular flexibility index (Phi) is 5.73. The number of anilines is 1.